The Morgan fingerprint density at radius 1 is 1.11 bits per heavy atom. The van der Waals surface area contributed by atoms with Crippen LogP contribution in [0.15, 0.2) is 41.0 Å². The van der Waals surface area contributed by atoms with Gasteiger partial charge in [0.2, 0.25) is 5.71 Å². The molecule has 3 rings (SSSR count). The van der Waals surface area contributed by atoms with Crippen LogP contribution in [0.1, 0.15) is 11.3 Å². The maximum atomic E-state index is 5.96. The zero-order valence-corrected chi connectivity index (χ0v) is 10.4. The lowest BCUT2D eigenvalue weighted by Gasteiger charge is -2.05. The highest BCUT2D eigenvalue weighted by Gasteiger charge is 2.12. The molecular formula is C15H14N2O. The summed E-state index contributed by atoms with van der Waals surface area (Å²) in [5.74, 6) is 0. The minimum atomic E-state index is 0.600. The van der Waals surface area contributed by atoms with Crippen molar-refractivity contribution in [1.82, 2.24) is 4.98 Å². The Labute approximate surface area is 105 Å². The molecular weight excluding hydrogens is 224 g/mol. The number of aromatic nitrogens is 1. The summed E-state index contributed by atoms with van der Waals surface area (Å²) >= 11 is 0. The third kappa shape index (κ3) is 1.64. The second kappa shape index (κ2) is 3.88. The molecule has 90 valence electrons. The lowest BCUT2D eigenvalue weighted by molar-refractivity contribution is 0.603. The van der Waals surface area contributed by atoms with Crippen LogP contribution in [0.5, 0.6) is 0 Å². The molecule has 0 saturated carbocycles. The number of rotatable bonds is 1. The summed E-state index contributed by atoms with van der Waals surface area (Å²) in [5, 5.41) is 0.893. The summed E-state index contributed by atoms with van der Waals surface area (Å²) in [5.41, 5.74) is 11.6. The van der Waals surface area contributed by atoms with Gasteiger partial charge < -0.3 is 10.2 Å². The Kier molecular flexibility index (Phi) is 2.33. The number of benzene rings is 1. The van der Waals surface area contributed by atoms with Crippen LogP contribution in [0.2, 0.25) is 0 Å². The zero-order valence-electron chi connectivity index (χ0n) is 10.4. The number of aryl methyl sites for hydroxylation is 2. The van der Waals surface area contributed by atoms with Gasteiger partial charge in [0.1, 0.15) is 6.26 Å². The molecule has 3 nitrogen and oxygen atoms in total. The summed E-state index contributed by atoms with van der Waals surface area (Å²) in [7, 11) is 0. The van der Waals surface area contributed by atoms with Gasteiger partial charge in [0.15, 0.2) is 0 Å². The van der Waals surface area contributed by atoms with Crippen LogP contribution in [0.4, 0.5) is 5.69 Å². The van der Waals surface area contributed by atoms with Crippen molar-refractivity contribution >= 4 is 16.8 Å². The molecule has 0 radical (unpaired) electrons. The number of fused-ring (bicyclic) bond motifs is 1. The number of nitrogen functional groups attached to an aromatic ring is 1. The number of nitrogens with two attached hydrogens (primary N) is 1. The van der Waals surface area contributed by atoms with Crippen LogP contribution in [0.25, 0.3) is 22.2 Å². The SMILES string of the molecule is Cc1ccc(-c2cc(C)nc3occ(N)c23)cc1. The molecule has 2 heterocycles. The molecule has 3 heteroatoms. The molecule has 0 bridgehead atoms. The summed E-state index contributed by atoms with van der Waals surface area (Å²) < 4.78 is 5.38. The van der Waals surface area contributed by atoms with E-state index in [1.54, 1.807) is 6.26 Å². The number of anilines is 1. The lowest BCUT2D eigenvalue weighted by atomic mass is 10.0. The van der Waals surface area contributed by atoms with Crippen molar-refractivity contribution in [2.24, 2.45) is 0 Å². The van der Waals surface area contributed by atoms with Crippen molar-refractivity contribution in [3.8, 4) is 11.1 Å². The van der Waals surface area contributed by atoms with Crippen LogP contribution in [-0.4, -0.2) is 4.98 Å². The molecule has 18 heavy (non-hydrogen) atoms. The zero-order chi connectivity index (χ0) is 12.7. The van der Waals surface area contributed by atoms with Crippen molar-refractivity contribution in [2.45, 2.75) is 13.8 Å². The number of hydrogen-bond acceptors (Lipinski definition) is 3. The van der Waals surface area contributed by atoms with E-state index in [1.165, 1.54) is 5.56 Å². The quantitative estimate of drug-likeness (QED) is 0.703. The van der Waals surface area contributed by atoms with Gasteiger partial charge >= 0.3 is 0 Å². The lowest BCUT2D eigenvalue weighted by Crippen LogP contribution is -1.89. The Hall–Kier alpha value is -2.29. The van der Waals surface area contributed by atoms with Gasteiger partial charge in [0.05, 0.1) is 11.1 Å². The molecule has 0 atom stereocenters. The van der Waals surface area contributed by atoms with E-state index < -0.39 is 0 Å². The Morgan fingerprint density at radius 3 is 2.56 bits per heavy atom. The van der Waals surface area contributed by atoms with Gasteiger partial charge in [-0.2, -0.15) is 0 Å². The molecule has 2 aromatic heterocycles. The number of pyridine rings is 1. The van der Waals surface area contributed by atoms with Crippen LogP contribution >= 0.6 is 0 Å². The first-order valence-electron chi connectivity index (χ1n) is 5.86. The van der Waals surface area contributed by atoms with Gasteiger partial charge in [-0.05, 0) is 31.0 Å². The van der Waals surface area contributed by atoms with Gasteiger partial charge in [-0.3, -0.25) is 0 Å². The number of furan rings is 1. The second-order valence-corrected chi connectivity index (χ2v) is 4.55. The minimum Gasteiger partial charge on any atom is -0.444 e. The van der Waals surface area contributed by atoms with Crippen molar-refractivity contribution in [2.75, 3.05) is 5.73 Å². The molecule has 0 saturated heterocycles. The van der Waals surface area contributed by atoms with Crippen LogP contribution < -0.4 is 5.73 Å². The highest BCUT2D eigenvalue weighted by molar-refractivity contribution is 6.00. The van der Waals surface area contributed by atoms with Crippen molar-refractivity contribution in [1.29, 1.82) is 0 Å². The van der Waals surface area contributed by atoms with Gasteiger partial charge in [0.25, 0.3) is 0 Å². The Morgan fingerprint density at radius 2 is 1.83 bits per heavy atom. The van der Waals surface area contributed by atoms with Gasteiger partial charge in [-0.15, -0.1) is 0 Å². The maximum Gasteiger partial charge on any atom is 0.228 e. The summed E-state index contributed by atoms with van der Waals surface area (Å²) in [6.45, 7) is 4.03. The van der Waals surface area contributed by atoms with E-state index in [0.717, 1.165) is 22.2 Å². The van der Waals surface area contributed by atoms with Crippen molar-refractivity contribution < 1.29 is 4.42 Å². The molecule has 0 fully saturated rings. The van der Waals surface area contributed by atoms with E-state index in [2.05, 4.69) is 36.2 Å². The molecule has 2 N–H and O–H groups in total. The van der Waals surface area contributed by atoms with E-state index in [0.29, 0.717) is 11.4 Å². The number of hydrogen-bond donors (Lipinski definition) is 1. The Balaban J connectivity index is 2.33. The fraction of sp³-hybridized carbons (Fsp3) is 0.133. The normalized spacial score (nSPS) is 11.0. The highest BCUT2D eigenvalue weighted by Crippen LogP contribution is 2.33. The van der Waals surface area contributed by atoms with E-state index in [1.807, 2.05) is 13.0 Å². The average Bonchev–Trinajstić information content (AvgIpc) is 2.71. The first kappa shape index (κ1) is 10.8. The van der Waals surface area contributed by atoms with Gasteiger partial charge in [-0.25, -0.2) is 4.98 Å². The van der Waals surface area contributed by atoms with E-state index in [-0.39, 0.29) is 0 Å². The predicted octanol–water partition coefficient (Wildman–Crippen LogP) is 3.69. The van der Waals surface area contributed by atoms with Gasteiger partial charge in [-0.1, -0.05) is 29.8 Å². The maximum absolute atomic E-state index is 5.96. The van der Waals surface area contributed by atoms with Crippen molar-refractivity contribution in [3.63, 3.8) is 0 Å². The minimum absolute atomic E-state index is 0.600. The molecule has 1 aromatic carbocycles. The largest absolute Gasteiger partial charge is 0.444 e. The fourth-order valence-corrected chi connectivity index (χ4v) is 2.15. The van der Waals surface area contributed by atoms with E-state index >= 15 is 0 Å². The molecule has 0 amide bonds. The van der Waals surface area contributed by atoms with Crippen LogP contribution in [-0.2, 0) is 0 Å². The fourth-order valence-electron chi connectivity index (χ4n) is 2.15. The molecule has 0 aliphatic heterocycles. The molecule has 0 aliphatic carbocycles. The molecule has 3 aromatic rings. The molecule has 0 aliphatic rings. The topological polar surface area (TPSA) is 52.0 Å². The molecule has 0 spiro atoms. The van der Waals surface area contributed by atoms with Crippen molar-refractivity contribution in [3.05, 3.63) is 47.9 Å². The summed E-state index contributed by atoms with van der Waals surface area (Å²) in [6.07, 6.45) is 1.55. The average molecular weight is 238 g/mol. The monoisotopic (exact) mass is 238 g/mol. The van der Waals surface area contributed by atoms with E-state index in [9.17, 15) is 0 Å². The number of nitrogens with zero attached hydrogens (tertiary/aromatic N) is 1. The Bertz CT molecular complexity index is 711. The van der Waals surface area contributed by atoms with E-state index in [4.69, 9.17) is 10.2 Å². The summed E-state index contributed by atoms with van der Waals surface area (Å²) in [4.78, 5) is 4.35. The van der Waals surface area contributed by atoms with Gasteiger partial charge in [0, 0.05) is 5.69 Å². The smallest absolute Gasteiger partial charge is 0.228 e. The summed E-state index contributed by atoms with van der Waals surface area (Å²) in [6, 6.07) is 10.4. The predicted molar refractivity (Wildman–Crippen MR) is 73.3 cm³/mol. The second-order valence-electron chi connectivity index (χ2n) is 4.55. The third-order valence-electron chi connectivity index (χ3n) is 3.06. The first-order valence-corrected chi connectivity index (χ1v) is 5.86. The standard InChI is InChI=1S/C15H14N2O/c1-9-3-5-11(6-4-9)12-7-10(2)17-15-14(12)13(16)8-18-15/h3-8H,16H2,1-2H3. The molecule has 0 unspecified atom stereocenters. The highest BCUT2D eigenvalue weighted by atomic mass is 16.3. The third-order valence-corrected chi connectivity index (χ3v) is 3.06. The van der Waals surface area contributed by atoms with Crippen LogP contribution in [0, 0.1) is 13.8 Å². The first-order chi connectivity index (χ1) is 8.65. The van der Waals surface area contributed by atoms with Crippen LogP contribution in [0.3, 0.4) is 0 Å².